The van der Waals surface area contributed by atoms with Crippen LogP contribution in [0.5, 0.6) is 0 Å². The standard InChI is InChI=1S/C23H32N2O3/c1-19(2)17-28-18-21(24-14-13-23(26)27)16-25(22-11-7-4-8-12-22)15-20-9-5-3-6-10-20/h3-12,19,21,24H,13-18H2,1-2H3,(H,26,27). The number of hydrogen-bond acceptors (Lipinski definition) is 4. The molecule has 1 atom stereocenters. The third-order valence-electron chi connectivity index (χ3n) is 4.32. The highest BCUT2D eigenvalue weighted by Crippen LogP contribution is 2.17. The molecule has 0 radical (unpaired) electrons. The lowest BCUT2D eigenvalue weighted by Gasteiger charge is -2.30. The minimum atomic E-state index is -0.793. The number of anilines is 1. The van der Waals surface area contributed by atoms with Crippen molar-refractivity contribution in [2.75, 3.05) is 31.2 Å². The van der Waals surface area contributed by atoms with Crippen LogP contribution in [0.4, 0.5) is 5.69 Å². The van der Waals surface area contributed by atoms with E-state index in [1.807, 2.05) is 36.4 Å². The van der Waals surface area contributed by atoms with Gasteiger partial charge in [0, 0.05) is 38.0 Å². The SMILES string of the molecule is CC(C)COCC(CN(Cc1ccccc1)c1ccccc1)NCCC(=O)O. The van der Waals surface area contributed by atoms with E-state index in [-0.39, 0.29) is 12.5 Å². The Morgan fingerprint density at radius 1 is 1.04 bits per heavy atom. The third-order valence-corrected chi connectivity index (χ3v) is 4.32. The maximum Gasteiger partial charge on any atom is 0.304 e. The van der Waals surface area contributed by atoms with Crippen LogP contribution < -0.4 is 10.2 Å². The fourth-order valence-electron chi connectivity index (χ4n) is 2.98. The summed E-state index contributed by atoms with van der Waals surface area (Å²) in [6.07, 6.45) is 0.102. The van der Waals surface area contributed by atoms with Gasteiger partial charge in [0.05, 0.1) is 13.0 Å². The quantitative estimate of drug-likeness (QED) is 0.550. The molecule has 28 heavy (non-hydrogen) atoms. The zero-order chi connectivity index (χ0) is 20.2. The molecular formula is C23H32N2O3. The van der Waals surface area contributed by atoms with Gasteiger partial charge in [-0.3, -0.25) is 4.79 Å². The average molecular weight is 385 g/mol. The summed E-state index contributed by atoms with van der Waals surface area (Å²) < 4.78 is 5.87. The second kappa shape index (κ2) is 12.2. The molecule has 2 N–H and O–H groups in total. The topological polar surface area (TPSA) is 61.8 Å². The van der Waals surface area contributed by atoms with Crippen LogP contribution in [0.15, 0.2) is 60.7 Å². The zero-order valence-corrected chi connectivity index (χ0v) is 16.9. The average Bonchev–Trinajstić information content (AvgIpc) is 2.68. The lowest BCUT2D eigenvalue weighted by molar-refractivity contribution is -0.136. The van der Waals surface area contributed by atoms with Crippen LogP contribution in [-0.4, -0.2) is 43.4 Å². The van der Waals surface area contributed by atoms with E-state index in [2.05, 4.69) is 48.3 Å². The molecule has 0 spiro atoms. The Labute approximate surface area is 168 Å². The van der Waals surface area contributed by atoms with Crippen LogP contribution in [-0.2, 0) is 16.1 Å². The maximum atomic E-state index is 10.9. The molecule has 0 aromatic heterocycles. The summed E-state index contributed by atoms with van der Waals surface area (Å²) in [7, 11) is 0. The molecular weight excluding hydrogens is 352 g/mol. The van der Waals surface area contributed by atoms with Crippen LogP contribution >= 0.6 is 0 Å². The normalized spacial score (nSPS) is 12.1. The number of nitrogens with one attached hydrogen (secondary N) is 1. The van der Waals surface area contributed by atoms with Gasteiger partial charge in [-0.25, -0.2) is 0 Å². The predicted molar refractivity (Wildman–Crippen MR) is 114 cm³/mol. The smallest absolute Gasteiger partial charge is 0.304 e. The van der Waals surface area contributed by atoms with E-state index in [1.54, 1.807) is 0 Å². The van der Waals surface area contributed by atoms with Crippen LogP contribution in [0.3, 0.4) is 0 Å². The van der Waals surface area contributed by atoms with Crippen molar-refractivity contribution >= 4 is 11.7 Å². The van der Waals surface area contributed by atoms with Gasteiger partial charge in [0.2, 0.25) is 0 Å². The Kier molecular flexibility index (Phi) is 9.52. The van der Waals surface area contributed by atoms with E-state index < -0.39 is 5.97 Å². The minimum absolute atomic E-state index is 0.0435. The van der Waals surface area contributed by atoms with E-state index in [0.717, 1.165) is 18.8 Å². The van der Waals surface area contributed by atoms with Gasteiger partial charge >= 0.3 is 5.97 Å². The van der Waals surface area contributed by atoms with Crippen LogP contribution in [0.1, 0.15) is 25.8 Å². The van der Waals surface area contributed by atoms with Crippen LogP contribution in [0.25, 0.3) is 0 Å². The van der Waals surface area contributed by atoms with Crippen molar-refractivity contribution in [1.29, 1.82) is 0 Å². The molecule has 0 amide bonds. The zero-order valence-electron chi connectivity index (χ0n) is 16.9. The predicted octanol–water partition coefficient (Wildman–Crippen LogP) is 3.80. The number of benzene rings is 2. The van der Waals surface area contributed by atoms with Gasteiger partial charge in [0.15, 0.2) is 0 Å². The van der Waals surface area contributed by atoms with E-state index in [4.69, 9.17) is 9.84 Å². The molecule has 0 bridgehead atoms. The molecule has 2 aromatic rings. The number of ether oxygens (including phenoxy) is 1. The first-order valence-electron chi connectivity index (χ1n) is 9.91. The van der Waals surface area contributed by atoms with Crippen molar-refractivity contribution in [3.05, 3.63) is 66.2 Å². The summed E-state index contributed by atoms with van der Waals surface area (Å²) in [5, 5.41) is 12.3. The fraction of sp³-hybridized carbons (Fsp3) is 0.435. The van der Waals surface area contributed by atoms with E-state index >= 15 is 0 Å². The van der Waals surface area contributed by atoms with Gasteiger partial charge in [0.1, 0.15) is 0 Å². The number of carboxylic acid groups (broad SMARTS) is 1. The molecule has 0 aliphatic heterocycles. The summed E-state index contributed by atoms with van der Waals surface area (Å²) in [6, 6.07) is 20.7. The molecule has 5 nitrogen and oxygen atoms in total. The van der Waals surface area contributed by atoms with Crippen molar-refractivity contribution in [2.45, 2.75) is 32.9 Å². The minimum Gasteiger partial charge on any atom is -0.481 e. The fourth-order valence-corrected chi connectivity index (χ4v) is 2.98. The first-order valence-corrected chi connectivity index (χ1v) is 9.91. The van der Waals surface area contributed by atoms with E-state index in [1.165, 1.54) is 5.56 Å². The summed E-state index contributed by atoms with van der Waals surface area (Å²) in [6.45, 7) is 7.44. The highest BCUT2D eigenvalue weighted by Gasteiger charge is 2.16. The highest BCUT2D eigenvalue weighted by molar-refractivity contribution is 5.66. The molecule has 152 valence electrons. The Hall–Kier alpha value is -2.37. The third kappa shape index (κ3) is 8.55. The number of carboxylic acids is 1. The maximum absolute atomic E-state index is 10.9. The van der Waals surface area contributed by atoms with Crippen molar-refractivity contribution in [3.63, 3.8) is 0 Å². The first kappa shape index (κ1) is 21.9. The summed E-state index contributed by atoms with van der Waals surface area (Å²) in [4.78, 5) is 13.2. The highest BCUT2D eigenvalue weighted by atomic mass is 16.5. The second-order valence-corrected chi connectivity index (χ2v) is 7.43. The van der Waals surface area contributed by atoms with Crippen molar-refractivity contribution in [2.24, 2.45) is 5.92 Å². The van der Waals surface area contributed by atoms with E-state index in [0.29, 0.717) is 25.7 Å². The van der Waals surface area contributed by atoms with Crippen molar-refractivity contribution in [1.82, 2.24) is 5.32 Å². The lowest BCUT2D eigenvalue weighted by atomic mass is 10.1. The number of carbonyl (C=O) groups is 1. The van der Waals surface area contributed by atoms with Gasteiger partial charge in [-0.1, -0.05) is 62.4 Å². The number of para-hydroxylation sites is 1. The van der Waals surface area contributed by atoms with Crippen molar-refractivity contribution < 1.29 is 14.6 Å². The number of hydrogen-bond donors (Lipinski definition) is 2. The Balaban J connectivity index is 2.08. The largest absolute Gasteiger partial charge is 0.481 e. The Morgan fingerprint density at radius 2 is 1.68 bits per heavy atom. The Morgan fingerprint density at radius 3 is 2.29 bits per heavy atom. The Bertz CT molecular complexity index is 677. The number of aliphatic carboxylic acids is 1. The number of rotatable bonds is 13. The van der Waals surface area contributed by atoms with Crippen LogP contribution in [0.2, 0.25) is 0 Å². The molecule has 0 aliphatic rings. The van der Waals surface area contributed by atoms with Gasteiger partial charge in [-0.15, -0.1) is 0 Å². The molecule has 0 aliphatic carbocycles. The lowest BCUT2D eigenvalue weighted by Crippen LogP contribution is -2.44. The second-order valence-electron chi connectivity index (χ2n) is 7.43. The molecule has 1 unspecified atom stereocenters. The molecule has 5 heteroatoms. The molecule has 0 heterocycles. The molecule has 0 saturated carbocycles. The van der Waals surface area contributed by atoms with Gasteiger partial charge in [0.25, 0.3) is 0 Å². The van der Waals surface area contributed by atoms with Gasteiger partial charge in [-0.05, 0) is 23.6 Å². The molecule has 2 rings (SSSR count). The van der Waals surface area contributed by atoms with Gasteiger partial charge < -0.3 is 20.1 Å². The van der Waals surface area contributed by atoms with Gasteiger partial charge in [-0.2, -0.15) is 0 Å². The molecule has 0 saturated heterocycles. The van der Waals surface area contributed by atoms with Crippen molar-refractivity contribution in [3.8, 4) is 0 Å². The molecule has 2 aromatic carbocycles. The monoisotopic (exact) mass is 384 g/mol. The number of nitrogens with zero attached hydrogens (tertiary/aromatic N) is 1. The molecule has 0 fully saturated rings. The van der Waals surface area contributed by atoms with E-state index in [9.17, 15) is 4.79 Å². The van der Waals surface area contributed by atoms with Crippen LogP contribution in [0, 0.1) is 5.92 Å². The summed E-state index contributed by atoms with van der Waals surface area (Å²) in [5.74, 6) is -0.326. The summed E-state index contributed by atoms with van der Waals surface area (Å²) >= 11 is 0. The summed E-state index contributed by atoms with van der Waals surface area (Å²) in [5.41, 5.74) is 2.37. The first-order chi connectivity index (χ1) is 13.5.